The lowest BCUT2D eigenvalue weighted by atomic mass is 10.1. The lowest BCUT2D eigenvalue weighted by Gasteiger charge is -2.19. The quantitative estimate of drug-likeness (QED) is 0.125. The Morgan fingerprint density at radius 1 is 0.974 bits per heavy atom. The molecule has 0 fully saturated rings. The van der Waals surface area contributed by atoms with Crippen molar-refractivity contribution < 1.29 is 23.5 Å². The number of hydrogen-bond donors (Lipinski definition) is 3. The first-order valence-corrected chi connectivity index (χ1v) is 15.9. The molecule has 0 aliphatic carbocycles. The summed E-state index contributed by atoms with van der Waals surface area (Å²) in [4.78, 5) is 22.4. The predicted molar refractivity (Wildman–Crippen MR) is 151 cm³/mol. The highest BCUT2D eigenvalue weighted by molar-refractivity contribution is 7.52. The molecule has 5 N–H and O–H groups in total. The van der Waals surface area contributed by atoms with Crippen LogP contribution in [0.15, 0.2) is 12.7 Å². The summed E-state index contributed by atoms with van der Waals surface area (Å²) in [6.07, 6.45) is 17.7. The van der Waals surface area contributed by atoms with Gasteiger partial charge in [-0.1, -0.05) is 77.6 Å². The Morgan fingerprint density at radius 2 is 1.61 bits per heavy atom. The summed E-state index contributed by atoms with van der Waals surface area (Å²) in [7, 11) is -3.95. The number of ether oxygens (including phenoxy) is 2. The number of fused-ring (bicyclic) bond motifs is 1. The van der Waals surface area contributed by atoms with Gasteiger partial charge >= 0.3 is 7.60 Å². The molecule has 0 aliphatic heterocycles. The Bertz CT molecular complexity index is 946. The number of nitrogens with two attached hydrogens (primary N) is 2. The Kier molecular flexibility index (Phi) is 16.0. The molecule has 3 atom stereocenters. The van der Waals surface area contributed by atoms with E-state index in [1.165, 1.54) is 70.5 Å². The zero-order valence-electron chi connectivity index (χ0n) is 23.3. The Morgan fingerprint density at radius 3 is 2.26 bits per heavy atom. The van der Waals surface area contributed by atoms with Crippen LogP contribution in [-0.2, 0) is 25.1 Å². The van der Waals surface area contributed by atoms with Crippen molar-refractivity contribution in [2.24, 2.45) is 5.73 Å². The van der Waals surface area contributed by atoms with Crippen LogP contribution in [0, 0.1) is 0 Å². The molecule has 2 heterocycles. The first kappa shape index (κ1) is 32.6. The summed E-state index contributed by atoms with van der Waals surface area (Å²) in [5.74, 6) is 0.296. The molecule has 0 amide bonds. The van der Waals surface area contributed by atoms with Crippen molar-refractivity contribution in [2.45, 2.75) is 110 Å². The van der Waals surface area contributed by atoms with Crippen LogP contribution in [-0.4, -0.2) is 62.7 Å². The van der Waals surface area contributed by atoms with E-state index in [9.17, 15) is 9.46 Å². The molecule has 11 nitrogen and oxygen atoms in total. The van der Waals surface area contributed by atoms with Crippen LogP contribution in [0.1, 0.15) is 90.9 Å². The molecule has 0 aromatic carbocycles. The van der Waals surface area contributed by atoms with E-state index in [1.54, 1.807) is 17.8 Å². The summed E-state index contributed by atoms with van der Waals surface area (Å²) < 4.78 is 30.4. The minimum atomic E-state index is -3.95. The molecule has 12 heteroatoms. The topological polar surface area (TPSA) is 161 Å². The molecule has 218 valence electrons. The van der Waals surface area contributed by atoms with Gasteiger partial charge in [0.15, 0.2) is 11.5 Å². The maximum Gasteiger partial charge on any atom is 0.353 e. The van der Waals surface area contributed by atoms with Gasteiger partial charge in [0.05, 0.1) is 38.2 Å². The largest absolute Gasteiger partial charge is 0.382 e. The highest BCUT2D eigenvalue weighted by atomic mass is 31.2. The molecular weight excluding hydrogens is 507 g/mol. The first-order chi connectivity index (χ1) is 18.3. The number of aromatic nitrogens is 4. The molecule has 2 aromatic rings. The fourth-order valence-electron chi connectivity index (χ4n) is 4.16. The van der Waals surface area contributed by atoms with Gasteiger partial charge in [0.2, 0.25) is 0 Å². The van der Waals surface area contributed by atoms with Crippen LogP contribution < -0.4 is 11.5 Å². The smallest absolute Gasteiger partial charge is 0.353 e. The van der Waals surface area contributed by atoms with Crippen LogP contribution in [0.3, 0.4) is 0 Å². The third-order valence-electron chi connectivity index (χ3n) is 6.37. The summed E-state index contributed by atoms with van der Waals surface area (Å²) in [5, 5.41) is 0. The Labute approximate surface area is 227 Å². The lowest BCUT2D eigenvalue weighted by molar-refractivity contribution is 0.0662. The van der Waals surface area contributed by atoms with Gasteiger partial charge in [0.25, 0.3) is 0 Å². The molecule has 0 aliphatic rings. The van der Waals surface area contributed by atoms with Crippen LogP contribution in [0.4, 0.5) is 5.82 Å². The van der Waals surface area contributed by atoms with Gasteiger partial charge in [0.1, 0.15) is 18.2 Å². The zero-order valence-corrected chi connectivity index (χ0v) is 24.2. The van der Waals surface area contributed by atoms with Crippen LogP contribution in [0.5, 0.6) is 0 Å². The summed E-state index contributed by atoms with van der Waals surface area (Å²) >= 11 is 0. The zero-order chi connectivity index (χ0) is 27.6. The normalized spacial score (nSPS) is 15.1. The molecule has 38 heavy (non-hydrogen) atoms. The van der Waals surface area contributed by atoms with Gasteiger partial charge in [0, 0.05) is 6.61 Å². The highest BCUT2D eigenvalue weighted by Gasteiger charge is 2.23. The number of rotatable bonds is 23. The van der Waals surface area contributed by atoms with Crippen molar-refractivity contribution in [1.82, 2.24) is 19.5 Å². The molecule has 0 saturated heterocycles. The third kappa shape index (κ3) is 13.4. The van der Waals surface area contributed by atoms with Crippen LogP contribution >= 0.6 is 7.60 Å². The van der Waals surface area contributed by atoms with Crippen molar-refractivity contribution in [1.29, 1.82) is 0 Å². The van der Waals surface area contributed by atoms with Gasteiger partial charge in [-0.15, -0.1) is 0 Å². The Balaban J connectivity index is 1.47. The fraction of sp³-hybridized carbons (Fsp3) is 0.808. The standard InChI is InChI=1S/C26H49N6O5P/c1-3-4-5-6-7-8-9-10-11-12-13-14-15-35-17-23(27)18-37-38(33,34)21-36-22(2)16-32-20-31-24-25(28)29-19-30-26(24)32/h19-20,22-23H,3-18,21,27H2,1-2H3,(H,33,34)(H2,28,29,30)/t22-,23+/m1/s1. The van der Waals surface area contributed by atoms with Crippen molar-refractivity contribution in [2.75, 3.05) is 31.9 Å². The number of nitrogens with zero attached hydrogens (tertiary/aromatic N) is 4. The maximum atomic E-state index is 12.3. The second-order valence-corrected chi connectivity index (χ2v) is 11.9. The fourth-order valence-corrected chi connectivity index (χ4v) is 5.10. The van der Waals surface area contributed by atoms with E-state index < -0.39 is 20.0 Å². The molecular formula is C26H49N6O5P. The first-order valence-electron chi connectivity index (χ1n) is 14.1. The molecule has 0 bridgehead atoms. The number of unbranched alkanes of at least 4 members (excludes halogenated alkanes) is 11. The number of hydrogen-bond acceptors (Lipinski definition) is 9. The van der Waals surface area contributed by atoms with Crippen LogP contribution in [0.25, 0.3) is 11.2 Å². The SMILES string of the molecule is CCCCCCCCCCCCCCOC[C@H](N)COP(=O)(O)CO[C@H](C)Cn1cnc2c(N)ncnc21. The van der Waals surface area contributed by atoms with Crippen LogP contribution in [0.2, 0.25) is 0 Å². The van der Waals surface area contributed by atoms with E-state index in [-0.39, 0.29) is 19.3 Å². The number of imidazole rings is 1. The second-order valence-electron chi connectivity index (χ2n) is 10.1. The summed E-state index contributed by atoms with van der Waals surface area (Å²) in [6.45, 7) is 5.26. The van der Waals surface area contributed by atoms with Gasteiger partial charge in [-0.2, -0.15) is 0 Å². The average molecular weight is 557 g/mol. The van der Waals surface area contributed by atoms with Crippen molar-refractivity contribution in [3.63, 3.8) is 0 Å². The second kappa shape index (κ2) is 18.6. The molecule has 0 spiro atoms. The van der Waals surface area contributed by atoms with E-state index in [2.05, 4.69) is 21.9 Å². The van der Waals surface area contributed by atoms with Gasteiger partial charge in [-0.05, 0) is 13.3 Å². The molecule has 2 rings (SSSR count). The van der Waals surface area contributed by atoms with Gasteiger partial charge in [-0.25, -0.2) is 15.0 Å². The van der Waals surface area contributed by atoms with Gasteiger partial charge in [-0.3, -0.25) is 4.57 Å². The Hall–Kier alpha value is -1.62. The van der Waals surface area contributed by atoms with Crippen molar-refractivity contribution in [3.05, 3.63) is 12.7 Å². The van der Waals surface area contributed by atoms with E-state index in [0.29, 0.717) is 30.1 Å². The van der Waals surface area contributed by atoms with E-state index in [0.717, 1.165) is 12.8 Å². The monoisotopic (exact) mass is 556 g/mol. The lowest BCUT2D eigenvalue weighted by Crippen LogP contribution is -2.31. The molecule has 1 unspecified atom stereocenters. The number of anilines is 1. The van der Waals surface area contributed by atoms with E-state index in [4.69, 9.17) is 25.5 Å². The molecule has 0 saturated carbocycles. The highest BCUT2D eigenvalue weighted by Crippen LogP contribution is 2.42. The minimum absolute atomic E-state index is 0.0771. The molecule has 2 aromatic heterocycles. The number of nitrogen functional groups attached to an aromatic ring is 1. The van der Waals surface area contributed by atoms with Crippen molar-refractivity contribution in [3.8, 4) is 0 Å². The average Bonchev–Trinajstić information content (AvgIpc) is 3.30. The third-order valence-corrected chi connectivity index (χ3v) is 7.40. The van der Waals surface area contributed by atoms with E-state index >= 15 is 0 Å². The summed E-state index contributed by atoms with van der Waals surface area (Å²) in [5.41, 5.74) is 12.9. The summed E-state index contributed by atoms with van der Waals surface area (Å²) in [6, 6.07) is -0.479. The molecule has 0 radical (unpaired) electrons. The predicted octanol–water partition coefficient (Wildman–Crippen LogP) is 5.02. The maximum absolute atomic E-state index is 12.3. The van der Waals surface area contributed by atoms with E-state index in [1.807, 2.05) is 0 Å². The minimum Gasteiger partial charge on any atom is -0.382 e. The van der Waals surface area contributed by atoms with Crippen molar-refractivity contribution >= 4 is 24.6 Å². The van der Waals surface area contributed by atoms with Gasteiger partial charge < -0.3 is 34.9 Å².